The Kier molecular flexibility index (Phi) is 3.75. The van der Waals surface area contributed by atoms with Gasteiger partial charge in [-0.05, 0) is 42.4 Å². The van der Waals surface area contributed by atoms with Crippen LogP contribution in [0.1, 0.15) is 38.2 Å². The van der Waals surface area contributed by atoms with Crippen LogP contribution in [0.5, 0.6) is 0 Å². The third kappa shape index (κ3) is 2.13. The summed E-state index contributed by atoms with van der Waals surface area (Å²) < 4.78 is 0. The lowest BCUT2D eigenvalue weighted by atomic mass is 9.80. The molecule has 0 bridgehead atoms. The van der Waals surface area contributed by atoms with Gasteiger partial charge in [-0.3, -0.25) is 4.90 Å². The molecule has 0 aliphatic carbocycles. The molecular weight excluding hydrogens is 296 g/mol. The van der Waals surface area contributed by atoms with Gasteiger partial charge in [-0.1, -0.05) is 38.1 Å². The standard InChI is InChI=1S/C20H24N4/c1-4-14-10-11-18-23(3)19-20(22-13-12-21-19)24(18)17-9-7-6-8-16(17)15(14)5-2/h6-15,18H,4-5H2,1-3H3. The van der Waals surface area contributed by atoms with Gasteiger partial charge in [0.1, 0.15) is 6.17 Å². The number of anilines is 3. The van der Waals surface area contributed by atoms with Gasteiger partial charge in [0.25, 0.3) is 0 Å². The van der Waals surface area contributed by atoms with Crippen LogP contribution in [0.3, 0.4) is 0 Å². The van der Waals surface area contributed by atoms with Crippen molar-refractivity contribution in [2.24, 2.45) is 5.92 Å². The maximum atomic E-state index is 4.64. The zero-order valence-electron chi connectivity index (χ0n) is 14.6. The van der Waals surface area contributed by atoms with Crippen LogP contribution < -0.4 is 9.80 Å². The molecule has 4 heteroatoms. The van der Waals surface area contributed by atoms with Crippen molar-refractivity contribution < 1.29 is 0 Å². The molecule has 0 fully saturated rings. The fraction of sp³-hybridized carbons (Fsp3) is 0.400. The Balaban J connectivity index is 1.95. The van der Waals surface area contributed by atoms with Crippen molar-refractivity contribution in [2.75, 3.05) is 16.8 Å². The molecule has 3 heterocycles. The van der Waals surface area contributed by atoms with E-state index in [9.17, 15) is 0 Å². The average Bonchev–Trinajstić information content (AvgIpc) is 2.89. The van der Waals surface area contributed by atoms with E-state index in [2.05, 4.69) is 77.1 Å². The molecule has 0 radical (unpaired) electrons. The second kappa shape index (κ2) is 5.93. The van der Waals surface area contributed by atoms with Gasteiger partial charge in [0.05, 0.1) is 0 Å². The molecule has 2 aliphatic heterocycles. The first-order valence-corrected chi connectivity index (χ1v) is 8.86. The highest BCUT2D eigenvalue weighted by Gasteiger charge is 2.38. The van der Waals surface area contributed by atoms with E-state index in [1.54, 1.807) is 12.4 Å². The molecule has 0 saturated carbocycles. The summed E-state index contributed by atoms with van der Waals surface area (Å²) in [5.74, 6) is 3.00. The molecule has 2 aromatic rings. The Hall–Kier alpha value is -2.36. The van der Waals surface area contributed by atoms with Crippen LogP contribution in [-0.4, -0.2) is 23.2 Å². The summed E-state index contributed by atoms with van der Waals surface area (Å²) in [5, 5.41) is 0. The smallest absolute Gasteiger partial charge is 0.178 e. The largest absolute Gasteiger partial charge is 0.332 e. The molecule has 1 aromatic carbocycles. The average molecular weight is 320 g/mol. The van der Waals surface area contributed by atoms with Gasteiger partial charge < -0.3 is 4.90 Å². The van der Waals surface area contributed by atoms with Crippen LogP contribution in [0.4, 0.5) is 17.3 Å². The normalized spacial score (nSPS) is 24.9. The lowest BCUT2D eigenvalue weighted by Crippen LogP contribution is -2.38. The summed E-state index contributed by atoms with van der Waals surface area (Å²) in [6.07, 6.45) is 10.7. The molecule has 124 valence electrons. The minimum Gasteiger partial charge on any atom is -0.332 e. The van der Waals surface area contributed by atoms with E-state index in [0.29, 0.717) is 11.8 Å². The topological polar surface area (TPSA) is 32.3 Å². The van der Waals surface area contributed by atoms with E-state index in [-0.39, 0.29) is 6.17 Å². The highest BCUT2D eigenvalue weighted by Crippen LogP contribution is 2.47. The van der Waals surface area contributed by atoms with E-state index in [1.807, 2.05) is 0 Å². The molecular formula is C20H24N4. The van der Waals surface area contributed by atoms with E-state index in [0.717, 1.165) is 24.5 Å². The van der Waals surface area contributed by atoms with Crippen LogP contribution in [0.15, 0.2) is 48.8 Å². The van der Waals surface area contributed by atoms with Gasteiger partial charge in [0, 0.05) is 25.1 Å². The SMILES string of the molecule is CCC1C=CC2N(C)c3nccnc3N2c2ccccc2C1CC. The van der Waals surface area contributed by atoms with Gasteiger partial charge >= 0.3 is 0 Å². The molecule has 1 aromatic heterocycles. The first-order chi connectivity index (χ1) is 11.8. The minimum atomic E-state index is 0.135. The van der Waals surface area contributed by atoms with Crippen molar-refractivity contribution in [3.05, 3.63) is 54.4 Å². The summed E-state index contributed by atoms with van der Waals surface area (Å²) in [5.41, 5.74) is 2.69. The van der Waals surface area contributed by atoms with Crippen molar-refractivity contribution in [3.63, 3.8) is 0 Å². The minimum absolute atomic E-state index is 0.135. The number of fused-ring (bicyclic) bond motifs is 5. The number of nitrogens with zero attached hydrogens (tertiary/aromatic N) is 4. The molecule has 3 atom stereocenters. The van der Waals surface area contributed by atoms with Gasteiger partial charge in [-0.2, -0.15) is 0 Å². The monoisotopic (exact) mass is 320 g/mol. The lowest BCUT2D eigenvalue weighted by molar-refractivity contribution is 0.474. The number of hydrogen-bond donors (Lipinski definition) is 0. The van der Waals surface area contributed by atoms with Crippen LogP contribution in [0.2, 0.25) is 0 Å². The molecule has 3 unspecified atom stereocenters. The summed E-state index contributed by atoms with van der Waals surface area (Å²) in [4.78, 5) is 13.8. The third-order valence-corrected chi connectivity index (χ3v) is 5.44. The van der Waals surface area contributed by atoms with Gasteiger partial charge in [0.2, 0.25) is 0 Å². The number of likely N-dealkylation sites (N-methyl/N-ethyl adjacent to an activating group) is 1. The molecule has 4 nitrogen and oxygen atoms in total. The molecule has 24 heavy (non-hydrogen) atoms. The van der Waals surface area contributed by atoms with Crippen LogP contribution >= 0.6 is 0 Å². The predicted octanol–water partition coefficient (Wildman–Crippen LogP) is 4.48. The van der Waals surface area contributed by atoms with Crippen molar-refractivity contribution in [2.45, 2.75) is 38.8 Å². The maximum Gasteiger partial charge on any atom is 0.178 e. The summed E-state index contributed by atoms with van der Waals surface area (Å²) >= 11 is 0. The Morgan fingerprint density at radius 1 is 0.958 bits per heavy atom. The van der Waals surface area contributed by atoms with Gasteiger partial charge in [-0.25, -0.2) is 9.97 Å². The lowest BCUT2D eigenvalue weighted by Gasteiger charge is -2.35. The van der Waals surface area contributed by atoms with Crippen molar-refractivity contribution in [1.82, 2.24) is 9.97 Å². The zero-order valence-corrected chi connectivity index (χ0v) is 14.6. The maximum absolute atomic E-state index is 4.64. The van der Waals surface area contributed by atoms with Crippen LogP contribution in [0, 0.1) is 5.92 Å². The van der Waals surface area contributed by atoms with E-state index < -0.39 is 0 Å². The zero-order chi connectivity index (χ0) is 16.7. The van der Waals surface area contributed by atoms with Crippen LogP contribution in [-0.2, 0) is 0 Å². The van der Waals surface area contributed by atoms with Gasteiger partial charge in [0.15, 0.2) is 11.6 Å². The summed E-state index contributed by atoms with van der Waals surface area (Å²) in [6, 6.07) is 8.81. The highest BCUT2D eigenvalue weighted by molar-refractivity contribution is 5.80. The Morgan fingerprint density at radius 3 is 2.46 bits per heavy atom. The second-order valence-corrected chi connectivity index (χ2v) is 6.63. The first kappa shape index (κ1) is 15.2. The van der Waals surface area contributed by atoms with Crippen molar-refractivity contribution in [1.29, 1.82) is 0 Å². The van der Waals surface area contributed by atoms with E-state index in [4.69, 9.17) is 0 Å². The Bertz CT molecular complexity index is 770. The Morgan fingerprint density at radius 2 is 1.71 bits per heavy atom. The summed E-state index contributed by atoms with van der Waals surface area (Å²) in [7, 11) is 2.10. The molecule has 0 N–H and O–H groups in total. The van der Waals surface area contributed by atoms with Gasteiger partial charge in [-0.15, -0.1) is 0 Å². The number of aromatic nitrogens is 2. The van der Waals surface area contributed by atoms with E-state index in [1.165, 1.54) is 11.3 Å². The Labute approximate surface area is 143 Å². The number of allylic oxidation sites excluding steroid dienone is 1. The third-order valence-electron chi connectivity index (χ3n) is 5.44. The number of para-hydroxylation sites is 1. The first-order valence-electron chi connectivity index (χ1n) is 8.86. The molecule has 0 saturated heterocycles. The van der Waals surface area contributed by atoms with Crippen LogP contribution in [0.25, 0.3) is 0 Å². The fourth-order valence-corrected chi connectivity index (χ4v) is 4.21. The van der Waals surface area contributed by atoms with Crippen molar-refractivity contribution >= 4 is 17.3 Å². The molecule has 4 rings (SSSR count). The predicted molar refractivity (Wildman–Crippen MR) is 98.8 cm³/mol. The quantitative estimate of drug-likeness (QED) is 0.764. The van der Waals surface area contributed by atoms with Crippen molar-refractivity contribution in [3.8, 4) is 0 Å². The van der Waals surface area contributed by atoms with E-state index >= 15 is 0 Å². The number of benzene rings is 1. The molecule has 0 spiro atoms. The fourth-order valence-electron chi connectivity index (χ4n) is 4.21. The summed E-state index contributed by atoms with van der Waals surface area (Å²) in [6.45, 7) is 4.58. The number of rotatable bonds is 2. The second-order valence-electron chi connectivity index (χ2n) is 6.63. The molecule has 0 amide bonds. The number of hydrogen-bond acceptors (Lipinski definition) is 4. The molecule has 2 aliphatic rings. The highest BCUT2D eigenvalue weighted by atomic mass is 15.5.